The molecule has 1 saturated heterocycles. The third kappa shape index (κ3) is 4.06. The van der Waals surface area contributed by atoms with Crippen LogP contribution in [0.15, 0.2) is 38.3 Å². The van der Waals surface area contributed by atoms with E-state index in [0.29, 0.717) is 28.9 Å². The van der Waals surface area contributed by atoms with Crippen LogP contribution in [0.1, 0.15) is 50.6 Å². The lowest BCUT2D eigenvalue weighted by Crippen LogP contribution is -2.47. The molecule has 1 aliphatic carbocycles. The highest BCUT2D eigenvalue weighted by Gasteiger charge is 2.31. The molecule has 0 unspecified atom stereocenters. The molecule has 7 nitrogen and oxygen atoms in total. The number of nitrogens with zero attached hydrogens (tertiary/aromatic N) is 3. The number of piperazine rings is 1. The molecule has 2 amide bonds. The molecule has 158 valence electrons. The number of hydrogen-bond acceptors (Lipinski definition) is 5. The maximum absolute atomic E-state index is 13.0. The van der Waals surface area contributed by atoms with E-state index in [4.69, 9.17) is 4.42 Å². The fraction of sp³-hybridized carbons (Fsp3) is 0.409. The minimum atomic E-state index is -0.281. The van der Waals surface area contributed by atoms with Crippen LogP contribution in [0.2, 0.25) is 0 Å². The van der Waals surface area contributed by atoms with Crippen molar-refractivity contribution in [3.8, 4) is 0 Å². The van der Waals surface area contributed by atoms with Crippen LogP contribution in [0.25, 0.3) is 0 Å². The van der Waals surface area contributed by atoms with E-state index in [0.717, 1.165) is 55.0 Å². The quantitative estimate of drug-likeness (QED) is 0.695. The Labute approximate surface area is 184 Å². The summed E-state index contributed by atoms with van der Waals surface area (Å²) in [6.45, 7) is 5.02. The zero-order valence-electron chi connectivity index (χ0n) is 17.2. The summed E-state index contributed by atoms with van der Waals surface area (Å²) >= 11 is 3.39. The van der Waals surface area contributed by atoms with Gasteiger partial charge in [-0.15, -0.1) is 0 Å². The van der Waals surface area contributed by atoms with Gasteiger partial charge in [-0.25, -0.2) is 5.43 Å². The van der Waals surface area contributed by atoms with Crippen LogP contribution in [-0.2, 0) is 6.42 Å². The van der Waals surface area contributed by atoms with Crippen molar-refractivity contribution in [3.05, 3.63) is 56.9 Å². The molecule has 0 saturated carbocycles. The molecule has 1 fully saturated rings. The van der Waals surface area contributed by atoms with Gasteiger partial charge in [-0.05, 0) is 54.9 Å². The molecular formula is C22H25BrN4O3. The summed E-state index contributed by atoms with van der Waals surface area (Å²) in [6.07, 6.45) is 2.36. The summed E-state index contributed by atoms with van der Waals surface area (Å²) in [4.78, 5) is 29.6. The summed E-state index contributed by atoms with van der Waals surface area (Å²) in [5.41, 5.74) is 5.62. The average Bonchev–Trinajstić information content (AvgIpc) is 3.09. The summed E-state index contributed by atoms with van der Waals surface area (Å²) in [6, 6.07) is 7.22. The number of carbonyl (C=O) groups excluding carboxylic acids is 2. The number of nitrogens with one attached hydrogen (secondary N) is 1. The van der Waals surface area contributed by atoms with Gasteiger partial charge in [0.1, 0.15) is 5.76 Å². The average molecular weight is 473 g/mol. The smallest absolute Gasteiger partial charge is 0.289 e. The molecule has 2 aliphatic rings. The highest BCUT2D eigenvalue weighted by atomic mass is 79.9. The second kappa shape index (κ2) is 8.73. The van der Waals surface area contributed by atoms with E-state index in [2.05, 4.69) is 38.4 Å². The fourth-order valence-corrected chi connectivity index (χ4v) is 4.43. The standard InChI is InChI=1S/C22H25BrN4O3/c1-14-19-17(24-25-21(28)15-6-3-4-7-16(15)23)8-5-9-18(19)30-20(14)22(29)27-12-10-26(2)11-13-27/h3-4,6-7H,5,8-13H2,1-2H3,(H,25,28)/b24-17+. The maximum Gasteiger partial charge on any atom is 0.289 e. The van der Waals surface area contributed by atoms with Gasteiger partial charge in [-0.2, -0.15) is 5.10 Å². The van der Waals surface area contributed by atoms with Gasteiger partial charge in [0, 0.05) is 48.2 Å². The number of benzene rings is 1. The van der Waals surface area contributed by atoms with Gasteiger partial charge >= 0.3 is 0 Å². The number of hydrazone groups is 1. The molecule has 0 spiro atoms. The Bertz CT molecular complexity index is 1010. The van der Waals surface area contributed by atoms with E-state index in [1.54, 1.807) is 6.07 Å². The lowest BCUT2D eigenvalue weighted by atomic mass is 9.93. The number of aryl methyl sites for hydroxylation is 1. The number of hydrogen-bond donors (Lipinski definition) is 1. The Kier molecular flexibility index (Phi) is 6.06. The summed E-state index contributed by atoms with van der Waals surface area (Å²) in [5, 5.41) is 4.40. The number of likely N-dealkylation sites (N-methyl/N-ethyl adjacent to an activating group) is 1. The molecule has 1 aliphatic heterocycles. The van der Waals surface area contributed by atoms with Gasteiger partial charge in [-0.3, -0.25) is 9.59 Å². The van der Waals surface area contributed by atoms with Crippen molar-refractivity contribution in [2.75, 3.05) is 33.2 Å². The summed E-state index contributed by atoms with van der Waals surface area (Å²) in [7, 11) is 2.06. The molecule has 2 aromatic rings. The molecule has 1 N–H and O–H groups in total. The highest BCUT2D eigenvalue weighted by Crippen LogP contribution is 2.30. The predicted octanol–water partition coefficient (Wildman–Crippen LogP) is 3.21. The summed E-state index contributed by atoms with van der Waals surface area (Å²) in [5.74, 6) is 0.838. The van der Waals surface area contributed by atoms with E-state index < -0.39 is 0 Å². The Morgan fingerprint density at radius 3 is 2.60 bits per heavy atom. The number of halogens is 1. The first kappa shape index (κ1) is 20.8. The molecular weight excluding hydrogens is 448 g/mol. The monoisotopic (exact) mass is 472 g/mol. The topological polar surface area (TPSA) is 78.2 Å². The first-order valence-electron chi connectivity index (χ1n) is 10.2. The van der Waals surface area contributed by atoms with E-state index in [9.17, 15) is 9.59 Å². The van der Waals surface area contributed by atoms with Gasteiger partial charge in [0.25, 0.3) is 11.8 Å². The van der Waals surface area contributed by atoms with Crippen LogP contribution < -0.4 is 5.43 Å². The first-order chi connectivity index (χ1) is 14.5. The van der Waals surface area contributed by atoms with Crippen molar-refractivity contribution in [1.29, 1.82) is 0 Å². The lowest BCUT2D eigenvalue weighted by molar-refractivity contribution is 0.0629. The number of fused-ring (bicyclic) bond motifs is 1. The van der Waals surface area contributed by atoms with Gasteiger partial charge in [0.2, 0.25) is 0 Å². The van der Waals surface area contributed by atoms with Gasteiger partial charge in [0.05, 0.1) is 11.3 Å². The predicted molar refractivity (Wildman–Crippen MR) is 118 cm³/mol. The number of rotatable bonds is 3. The Morgan fingerprint density at radius 1 is 1.13 bits per heavy atom. The van der Waals surface area contributed by atoms with Gasteiger partial charge in [-0.1, -0.05) is 12.1 Å². The Balaban J connectivity index is 1.57. The van der Waals surface area contributed by atoms with Crippen molar-refractivity contribution < 1.29 is 14.0 Å². The second-order valence-corrected chi connectivity index (χ2v) is 8.64. The number of furan rings is 1. The van der Waals surface area contributed by atoms with E-state index in [1.807, 2.05) is 30.0 Å². The first-order valence-corrected chi connectivity index (χ1v) is 11.0. The van der Waals surface area contributed by atoms with Crippen molar-refractivity contribution in [2.24, 2.45) is 5.10 Å². The Hall–Kier alpha value is -2.45. The third-order valence-corrected chi connectivity index (χ3v) is 6.41. The van der Waals surface area contributed by atoms with Crippen molar-refractivity contribution in [3.63, 3.8) is 0 Å². The van der Waals surface area contributed by atoms with Crippen LogP contribution in [-0.4, -0.2) is 60.6 Å². The highest BCUT2D eigenvalue weighted by molar-refractivity contribution is 9.10. The van der Waals surface area contributed by atoms with Crippen LogP contribution in [0.4, 0.5) is 0 Å². The van der Waals surface area contributed by atoms with Crippen molar-refractivity contribution in [1.82, 2.24) is 15.2 Å². The Morgan fingerprint density at radius 2 is 1.87 bits per heavy atom. The van der Waals surface area contributed by atoms with Crippen molar-refractivity contribution >= 4 is 33.5 Å². The van der Waals surface area contributed by atoms with Gasteiger partial charge < -0.3 is 14.2 Å². The van der Waals surface area contributed by atoms with Crippen LogP contribution in [0.3, 0.4) is 0 Å². The second-order valence-electron chi connectivity index (χ2n) is 7.78. The lowest BCUT2D eigenvalue weighted by Gasteiger charge is -2.31. The maximum atomic E-state index is 13.0. The SMILES string of the molecule is Cc1c(C(=O)N2CCN(C)CC2)oc2c1/C(=N/NC(=O)c1ccccc1Br)CCC2. The molecule has 4 rings (SSSR count). The molecule has 30 heavy (non-hydrogen) atoms. The minimum Gasteiger partial charge on any atom is -0.455 e. The zero-order valence-corrected chi connectivity index (χ0v) is 18.8. The van der Waals surface area contributed by atoms with Crippen molar-refractivity contribution in [2.45, 2.75) is 26.2 Å². The van der Waals surface area contributed by atoms with Crippen LogP contribution >= 0.6 is 15.9 Å². The molecule has 0 bridgehead atoms. The third-order valence-electron chi connectivity index (χ3n) is 5.72. The normalized spacial score (nSPS) is 18.4. The van der Waals surface area contributed by atoms with Crippen LogP contribution in [0.5, 0.6) is 0 Å². The fourth-order valence-electron chi connectivity index (χ4n) is 3.96. The zero-order chi connectivity index (χ0) is 21.3. The molecule has 0 radical (unpaired) electrons. The molecule has 2 heterocycles. The van der Waals surface area contributed by atoms with Crippen LogP contribution in [0, 0.1) is 6.92 Å². The molecule has 8 heteroatoms. The van der Waals surface area contributed by atoms with E-state index >= 15 is 0 Å². The van der Waals surface area contributed by atoms with Gasteiger partial charge in [0.15, 0.2) is 5.76 Å². The number of carbonyl (C=O) groups is 2. The molecule has 0 atom stereocenters. The summed E-state index contributed by atoms with van der Waals surface area (Å²) < 4.78 is 6.73. The molecule has 1 aromatic heterocycles. The number of amides is 2. The molecule has 1 aromatic carbocycles. The van der Waals surface area contributed by atoms with E-state index in [1.165, 1.54) is 0 Å². The minimum absolute atomic E-state index is 0.0633. The van der Waals surface area contributed by atoms with E-state index in [-0.39, 0.29) is 11.8 Å². The largest absolute Gasteiger partial charge is 0.455 e.